The number of H-pyrrole nitrogens is 1. The molecule has 0 radical (unpaired) electrons. The van der Waals surface area contributed by atoms with Crippen molar-refractivity contribution in [1.82, 2.24) is 19.9 Å². The van der Waals surface area contributed by atoms with Crippen molar-refractivity contribution in [3.63, 3.8) is 0 Å². The minimum absolute atomic E-state index is 0.00356. The van der Waals surface area contributed by atoms with E-state index in [1.807, 2.05) is 23.2 Å². The molecule has 0 spiro atoms. The maximum atomic E-state index is 11.8. The van der Waals surface area contributed by atoms with Gasteiger partial charge in [-0.25, -0.2) is 9.97 Å². The third-order valence-corrected chi connectivity index (χ3v) is 5.13. The highest BCUT2D eigenvalue weighted by molar-refractivity contribution is 5.87. The molecule has 0 bridgehead atoms. The summed E-state index contributed by atoms with van der Waals surface area (Å²) in [5.41, 5.74) is 0.853. The Morgan fingerprint density at radius 1 is 1.48 bits per heavy atom. The Hall–Kier alpha value is -2.62. The summed E-state index contributed by atoms with van der Waals surface area (Å²) in [6, 6.07) is 3.93. The van der Waals surface area contributed by atoms with E-state index in [0.717, 1.165) is 36.5 Å². The van der Waals surface area contributed by atoms with Crippen LogP contribution in [0, 0.1) is 29.1 Å². The van der Waals surface area contributed by atoms with Gasteiger partial charge >= 0.3 is 0 Å². The first-order valence-electron chi connectivity index (χ1n) is 7.83. The number of piperidine rings is 1. The Balaban J connectivity index is 1.39. The third kappa shape index (κ3) is 2.31. The summed E-state index contributed by atoms with van der Waals surface area (Å²) in [5, 5.41) is 9.66. The van der Waals surface area contributed by atoms with Crippen molar-refractivity contribution in [3.05, 3.63) is 18.6 Å². The Labute approximate surface area is 133 Å². The molecule has 118 valence electrons. The molecule has 1 aliphatic heterocycles. The average molecular weight is 310 g/mol. The number of amides is 1. The average Bonchev–Trinajstić information content (AvgIpc) is 2.98. The van der Waals surface area contributed by atoms with Crippen LogP contribution in [0.1, 0.15) is 6.42 Å². The lowest BCUT2D eigenvalue weighted by molar-refractivity contribution is -0.129. The van der Waals surface area contributed by atoms with Gasteiger partial charge in [0.25, 0.3) is 0 Å². The van der Waals surface area contributed by atoms with Gasteiger partial charge in [-0.15, -0.1) is 0 Å². The summed E-state index contributed by atoms with van der Waals surface area (Å²) in [5.74, 6) is 2.66. The molecule has 2 fully saturated rings. The lowest BCUT2D eigenvalue weighted by Crippen LogP contribution is -2.33. The maximum Gasteiger partial charge on any atom is 0.236 e. The van der Waals surface area contributed by atoms with Gasteiger partial charge in [-0.2, -0.15) is 5.26 Å². The van der Waals surface area contributed by atoms with Crippen molar-refractivity contribution in [1.29, 1.82) is 5.26 Å². The Morgan fingerprint density at radius 3 is 3.00 bits per heavy atom. The van der Waals surface area contributed by atoms with E-state index in [9.17, 15) is 4.79 Å². The molecule has 1 saturated carbocycles. The van der Waals surface area contributed by atoms with E-state index in [0.29, 0.717) is 17.8 Å². The molecule has 0 aromatic carbocycles. The molecule has 1 saturated heterocycles. The number of rotatable bonds is 4. The second-order valence-corrected chi connectivity index (χ2v) is 6.44. The van der Waals surface area contributed by atoms with Crippen molar-refractivity contribution in [2.45, 2.75) is 6.42 Å². The van der Waals surface area contributed by atoms with E-state index in [1.165, 1.54) is 0 Å². The van der Waals surface area contributed by atoms with Crippen LogP contribution in [0.4, 0.5) is 5.82 Å². The Bertz CT molecular complexity index is 781. The zero-order chi connectivity index (χ0) is 16.0. The normalized spacial score (nSPS) is 25.2. The molecule has 2 aliphatic rings. The summed E-state index contributed by atoms with van der Waals surface area (Å²) >= 11 is 0. The van der Waals surface area contributed by atoms with Gasteiger partial charge in [-0.05, 0) is 23.8 Å². The molecule has 2 aromatic rings. The number of hydrogen-bond donors (Lipinski definition) is 1. The molecular formula is C16H18N6O. The van der Waals surface area contributed by atoms with E-state index in [-0.39, 0.29) is 12.3 Å². The van der Waals surface area contributed by atoms with Crippen LogP contribution in [0.2, 0.25) is 0 Å². The van der Waals surface area contributed by atoms with Crippen molar-refractivity contribution in [3.8, 4) is 6.07 Å². The highest BCUT2D eigenvalue weighted by Gasteiger charge is 2.56. The number of nitriles is 1. The van der Waals surface area contributed by atoms with Crippen LogP contribution in [0.5, 0.6) is 0 Å². The van der Waals surface area contributed by atoms with Crippen LogP contribution in [0.3, 0.4) is 0 Å². The molecular weight excluding hydrogens is 292 g/mol. The van der Waals surface area contributed by atoms with Crippen molar-refractivity contribution in [2.75, 3.05) is 31.6 Å². The lowest BCUT2D eigenvalue weighted by Gasteiger charge is -2.22. The third-order valence-electron chi connectivity index (χ3n) is 5.13. The molecule has 1 amide bonds. The highest BCUT2D eigenvalue weighted by atomic mass is 16.2. The zero-order valence-corrected chi connectivity index (χ0v) is 12.9. The van der Waals surface area contributed by atoms with E-state index in [4.69, 9.17) is 5.26 Å². The van der Waals surface area contributed by atoms with Crippen LogP contribution in [0.25, 0.3) is 11.0 Å². The number of nitrogens with zero attached hydrogens (tertiary/aromatic N) is 5. The number of carbonyl (C=O) groups is 1. The number of anilines is 1. The van der Waals surface area contributed by atoms with Crippen LogP contribution in [0.15, 0.2) is 18.6 Å². The largest absolute Gasteiger partial charge is 0.359 e. The smallest absolute Gasteiger partial charge is 0.236 e. The number of likely N-dealkylation sites (tertiary alicyclic amines) is 1. The summed E-state index contributed by atoms with van der Waals surface area (Å²) in [4.78, 5) is 27.5. The fraction of sp³-hybridized carbons (Fsp3) is 0.500. The van der Waals surface area contributed by atoms with Crippen LogP contribution in [-0.2, 0) is 4.79 Å². The minimum atomic E-state index is -0.0309. The van der Waals surface area contributed by atoms with Crippen LogP contribution < -0.4 is 4.90 Å². The van der Waals surface area contributed by atoms with Gasteiger partial charge in [0.05, 0.1) is 11.5 Å². The van der Waals surface area contributed by atoms with E-state index >= 15 is 0 Å². The van der Waals surface area contributed by atoms with E-state index < -0.39 is 0 Å². The zero-order valence-electron chi connectivity index (χ0n) is 12.9. The van der Waals surface area contributed by atoms with Gasteiger partial charge in [0.1, 0.15) is 24.2 Å². The van der Waals surface area contributed by atoms with E-state index in [1.54, 1.807) is 6.33 Å². The van der Waals surface area contributed by atoms with Crippen molar-refractivity contribution >= 4 is 22.8 Å². The predicted molar refractivity (Wildman–Crippen MR) is 84.4 cm³/mol. The van der Waals surface area contributed by atoms with Gasteiger partial charge in [-0.1, -0.05) is 0 Å². The van der Waals surface area contributed by atoms with Crippen LogP contribution in [-0.4, -0.2) is 52.4 Å². The van der Waals surface area contributed by atoms with Gasteiger partial charge in [0.15, 0.2) is 0 Å². The molecule has 1 aliphatic carbocycles. The topological polar surface area (TPSA) is 88.9 Å². The first kappa shape index (κ1) is 14.0. The quantitative estimate of drug-likeness (QED) is 0.910. The first-order chi connectivity index (χ1) is 11.2. The molecule has 7 heteroatoms. The molecule has 3 atom stereocenters. The summed E-state index contributed by atoms with van der Waals surface area (Å²) in [6.07, 6.45) is 3.46. The first-order valence-corrected chi connectivity index (χ1v) is 7.83. The van der Waals surface area contributed by atoms with Gasteiger partial charge in [0.2, 0.25) is 5.91 Å². The molecule has 1 unspecified atom stereocenters. The summed E-state index contributed by atoms with van der Waals surface area (Å²) in [7, 11) is 2.06. The van der Waals surface area contributed by atoms with Crippen LogP contribution >= 0.6 is 0 Å². The number of hydrogen-bond acceptors (Lipinski definition) is 5. The molecule has 2 aromatic heterocycles. The standard InChI is InChI=1S/C16H18N6O/c1-21(16-10-3-5-18-15(10)19-9-20-16)6-11-12-7-22(8-13(11)12)14(23)2-4-17/h3,5,9,11-13H,2,6-8H2,1H3,(H,18,19,20)/t11?,12-,13+. The number of aromatic nitrogens is 3. The monoisotopic (exact) mass is 310 g/mol. The molecule has 7 nitrogen and oxygen atoms in total. The maximum absolute atomic E-state index is 11.8. The number of fused-ring (bicyclic) bond motifs is 2. The Kier molecular flexibility index (Phi) is 3.18. The highest BCUT2D eigenvalue weighted by Crippen LogP contribution is 2.52. The number of carbonyl (C=O) groups excluding carboxylic acids is 1. The fourth-order valence-electron chi connectivity index (χ4n) is 3.87. The Morgan fingerprint density at radius 2 is 2.26 bits per heavy atom. The van der Waals surface area contributed by atoms with Gasteiger partial charge < -0.3 is 14.8 Å². The summed E-state index contributed by atoms with van der Waals surface area (Å²) < 4.78 is 0. The molecule has 4 rings (SSSR count). The number of nitrogens with one attached hydrogen (secondary N) is 1. The van der Waals surface area contributed by atoms with Gasteiger partial charge in [0, 0.05) is 32.9 Å². The second-order valence-electron chi connectivity index (χ2n) is 6.44. The molecule has 23 heavy (non-hydrogen) atoms. The fourth-order valence-corrected chi connectivity index (χ4v) is 3.87. The molecule has 1 N–H and O–H groups in total. The van der Waals surface area contributed by atoms with Crippen molar-refractivity contribution in [2.24, 2.45) is 17.8 Å². The predicted octanol–water partition coefficient (Wildman–Crippen LogP) is 1.01. The number of aromatic amines is 1. The minimum Gasteiger partial charge on any atom is -0.359 e. The SMILES string of the molecule is CN(CC1[C@H]2CN(C(=O)CC#N)C[C@@H]12)c1ncnc2[nH]ccc12. The molecule has 3 heterocycles. The van der Waals surface area contributed by atoms with Gasteiger partial charge in [-0.3, -0.25) is 4.79 Å². The summed E-state index contributed by atoms with van der Waals surface area (Å²) in [6.45, 7) is 2.53. The van der Waals surface area contributed by atoms with Crippen molar-refractivity contribution < 1.29 is 4.79 Å². The second kappa shape index (κ2) is 5.23. The van der Waals surface area contributed by atoms with E-state index in [2.05, 4.69) is 26.9 Å². The lowest BCUT2D eigenvalue weighted by atomic mass is 10.2.